The Morgan fingerprint density at radius 1 is 0.867 bits per heavy atom. The average molecular weight is 455 g/mol. The van der Waals surface area contributed by atoms with E-state index >= 15 is 0 Å². The van der Waals surface area contributed by atoms with Crippen LogP contribution in [0.15, 0.2) is 40.1 Å². The summed E-state index contributed by atoms with van der Waals surface area (Å²) in [4.78, 5) is 0.0983. The molecule has 0 amide bonds. The Balaban J connectivity index is 2.02. The summed E-state index contributed by atoms with van der Waals surface area (Å²) in [6.45, 7) is 4.34. The summed E-state index contributed by atoms with van der Waals surface area (Å²) in [6.07, 6.45) is 1.62. The van der Waals surface area contributed by atoms with E-state index in [4.69, 9.17) is 9.47 Å². The van der Waals surface area contributed by atoms with Crippen molar-refractivity contribution in [2.24, 2.45) is 0 Å². The number of anilines is 1. The molecule has 10 heteroatoms. The normalized spacial score (nSPS) is 15.2. The van der Waals surface area contributed by atoms with E-state index in [1.165, 1.54) is 42.8 Å². The summed E-state index contributed by atoms with van der Waals surface area (Å²) >= 11 is 0. The van der Waals surface area contributed by atoms with Gasteiger partial charge in [0.05, 0.1) is 29.7 Å². The molecule has 1 saturated heterocycles. The number of rotatable bonds is 7. The highest BCUT2D eigenvalue weighted by Crippen LogP contribution is 2.33. The molecule has 0 aromatic heterocycles. The second kappa shape index (κ2) is 8.44. The van der Waals surface area contributed by atoms with E-state index in [1.807, 2.05) is 0 Å². The van der Waals surface area contributed by atoms with Crippen LogP contribution in [0.4, 0.5) is 5.69 Å². The smallest absolute Gasteiger partial charge is 0.262 e. The third-order valence-electron chi connectivity index (χ3n) is 5.10. The zero-order valence-electron chi connectivity index (χ0n) is 17.4. The number of hydrogen-bond donors (Lipinski definition) is 1. The minimum Gasteiger partial charge on any atom is -0.496 e. The highest BCUT2D eigenvalue weighted by molar-refractivity contribution is 7.92. The molecule has 164 valence electrons. The molecular formula is C20H26N2O6S2. The second-order valence-electron chi connectivity index (χ2n) is 7.17. The molecule has 3 rings (SSSR count). The third-order valence-corrected chi connectivity index (χ3v) is 8.50. The fourth-order valence-electron chi connectivity index (χ4n) is 3.48. The van der Waals surface area contributed by atoms with Crippen molar-refractivity contribution >= 4 is 25.7 Å². The van der Waals surface area contributed by atoms with Crippen LogP contribution in [0.25, 0.3) is 0 Å². The molecule has 30 heavy (non-hydrogen) atoms. The Labute approximate surface area is 177 Å². The minimum atomic E-state index is -4.00. The minimum absolute atomic E-state index is 0.0190. The maximum absolute atomic E-state index is 13.1. The fourth-order valence-corrected chi connectivity index (χ4v) is 6.39. The lowest BCUT2D eigenvalue weighted by atomic mass is 10.1. The molecule has 1 fully saturated rings. The zero-order valence-corrected chi connectivity index (χ0v) is 19.1. The summed E-state index contributed by atoms with van der Waals surface area (Å²) in [7, 11) is -4.79. The number of methoxy groups -OCH3 is 2. The molecule has 0 unspecified atom stereocenters. The van der Waals surface area contributed by atoms with Gasteiger partial charge in [-0.25, -0.2) is 16.8 Å². The van der Waals surface area contributed by atoms with Crippen molar-refractivity contribution < 1.29 is 26.3 Å². The molecule has 0 spiro atoms. The van der Waals surface area contributed by atoms with Gasteiger partial charge in [-0.3, -0.25) is 4.72 Å². The molecule has 0 radical (unpaired) electrons. The molecule has 0 aliphatic carbocycles. The van der Waals surface area contributed by atoms with Crippen LogP contribution >= 0.6 is 0 Å². The van der Waals surface area contributed by atoms with E-state index in [-0.39, 0.29) is 21.2 Å². The fraction of sp³-hybridized carbons (Fsp3) is 0.400. The standard InChI is InChI=1S/C20H26N2O6S2/c1-14-12-20(15(2)11-19(14)28-4)29(23,24)21-17-13-16(7-8-18(17)27-3)30(25,26)22-9-5-6-10-22/h7-8,11-13,21H,5-6,9-10H2,1-4H3. The Morgan fingerprint density at radius 3 is 2.10 bits per heavy atom. The van der Waals surface area contributed by atoms with Gasteiger partial charge in [0.15, 0.2) is 0 Å². The van der Waals surface area contributed by atoms with Crippen molar-refractivity contribution in [2.45, 2.75) is 36.5 Å². The molecule has 1 heterocycles. The number of nitrogens with one attached hydrogen (secondary N) is 1. The van der Waals surface area contributed by atoms with Crippen molar-refractivity contribution in [1.82, 2.24) is 4.31 Å². The van der Waals surface area contributed by atoms with Gasteiger partial charge < -0.3 is 9.47 Å². The number of hydrogen-bond acceptors (Lipinski definition) is 6. The van der Waals surface area contributed by atoms with Gasteiger partial charge in [-0.15, -0.1) is 0 Å². The summed E-state index contributed by atoms with van der Waals surface area (Å²) in [5, 5.41) is 0. The van der Waals surface area contributed by atoms with Gasteiger partial charge in [-0.1, -0.05) is 0 Å². The predicted octanol–water partition coefficient (Wildman–Crippen LogP) is 2.91. The van der Waals surface area contributed by atoms with Crippen molar-refractivity contribution in [1.29, 1.82) is 0 Å². The number of ether oxygens (including phenoxy) is 2. The van der Waals surface area contributed by atoms with Crippen molar-refractivity contribution in [3.05, 3.63) is 41.5 Å². The van der Waals surface area contributed by atoms with Crippen LogP contribution in [-0.4, -0.2) is 48.4 Å². The molecule has 0 saturated carbocycles. The van der Waals surface area contributed by atoms with Gasteiger partial charge in [0.1, 0.15) is 11.5 Å². The number of benzene rings is 2. The molecule has 1 N–H and O–H groups in total. The summed E-state index contributed by atoms with van der Waals surface area (Å²) in [6, 6.07) is 7.35. The lowest BCUT2D eigenvalue weighted by Crippen LogP contribution is -2.28. The van der Waals surface area contributed by atoms with Crippen LogP contribution in [0.2, 0.25) is 0 Å². The summed E-state index contributed by atoms with van der Waals surface area (Å²) in [5.74, 6) is 0.810. The Kier molecular flexibility index (Phi) is 6.30. The van der Waals surface area contributed by atoms with Crippen molar-refractivity contribution in [2.75, 3.05) is 32.0 Å². The van der Waals surface area contributed by atoms with Crippen LogP contribution in [0.3, 0.4) is 0 Å². The molecular weight excluding hydrogens is 428 g/mol. The van der Waals surface area contributed by atoms with E-state index in [0.29, 0.717) is 30.0 Å². The quantitative estimate of drug-likeness (QED) is 0.690. The number of sulfonamides is 2. The first-order valence-corrected chi connectivity index (χ1v) is 12.4. The van der Waals surface area contributed by atoms with Gasteiger partial charge in [0.25, 0.3) is 10.0 Å². The van der Waals surface area contributed by atoms with E-state index in [1.54, 1.807) is 19.9 Å². The summed E-state index contributed by atoms with van der Waals surface area (Å²) < 4.78 is 66.3. The predicted molar refractivity (Wildman–Crippen MR) is 114 cm³/mol. The van der Waals surface area contributed by atoms with Crippen molar-refractivity contribution in [3.63, 3.8) is 0 Å². The van der Waals surface area contributed by atoms with Crippen LogP contribution in [-0.2, 0) is 20.0 Å². The van der Waals surface area contributed by atoms with E-state index in [2.05, 4.69) is 4.72 Å². The third kappa shape index (κ3) is 4.26. The van der Waals surface area contributed by atoms with E-state index < -0.39 is 20.0 Å². The van der Waals surface area contributed by atoms with Crippen LogP contribution < -0.4 is 14.2 Å². The Hall–Kier alpha value is -2.30. The lowest BCUT2D eigenvalue weighted by molar-refractivity contribution is 0.411. The maximum Gasteiger partial charge on any atom is 0.262 e. The molecule has 1 aliphatic heterocycles. The molecule has 0 atom stereocenters. The Morgan fingerprint density at radius 2 is 1.50 bits per heavy atom. The number of nitrogens with zero attached hydrogens (tertiary/aromatic N) is 1. The Bertz CT molecular complexity index is 1150. The molecule has 0 bridgehead atoms. The van der Waals surface area contributed by atoms with E-state index in [0.717, 1.165) is 12.8 Å². The number of aryl methyl sites for hydroxylation is 2. The van der Waals surface area contributed by atoms with Gasteiger partial charge in [-0.05, 0) is 68.1 Å². The first kappa shape index (κ1) is 22.4. The topological polar surface area (TPSA) is 102 Å². The second-order valence-corrected chi connectivity index (χ2v) is 10.8. The van der Waals surface area contributed by atoms with Crippen LogP contribution in [0.1, 0.15) is 24.0 Å². The van der Waals surface area contributed by atoms with Gasteiger partial charge in [-0.2, -0.15) is 4.31 Å². The average Bonchev–Trinajstić information content (AvgIpc) is 3.24. The molecule has 2 aromatic carbocycles. The zero-order chi connectivity index (χ0) is 22.1. The molecule has 2 aromatic rings. The molecule has 8 nitrogen and oxygen atoms in total. The molecule has 1 aliphatic rings. The highest BCUT2D eigenvalue weighted by Gasteiger charge is 2.29. The monoisotopic (exact) mass is 454 g/mol. The summed E-state index contributed by atoms with van der Waals surface area (Å²) in [5.41, 5.74) is 1.23. The SMILES string of the molecule is COc1cc(C)c(S(=O)(=O)Nc2cc(S(=O)(=O)N3CCCC3)ccc2OC)cc1C. The van der Waals surface area contributed by atoms with Crippen LogP contribution in [0, 0.1) is 13.8 Å². The lowest BCUT2D eigenvalue weighted by Gasteiger charge is -2.18. The van der Waals surface area contributed by atoms with Gasteiger partial charge in [0.2, 0.25) is 10.0 Å². The van der Waals surface area contributed by atoms with Crippen molar-refractivity contribution in [3.8, 4) is 11.5 Å². The highest BCUT2D eigenvalue weighted by atomic mass is 32.2. The van der Waals surface area contributed by atoms with Gasteiger partial charge in [0, 0.05) is 13.1 Å². The first-order valence-electron chi connectivity index (χ1n) is 9.46. The first-order chi connectivity index (χ1) is 14.1. The van der Waals surface area contributed by atoms with E-state index in [9.17, 15) is 16.8 Å². The maximum atomic E-state index is 13.1. The van der Waals surface area contributed by atoms with Crippen LogP contribution in [0.5, 0.6) is 11.5 Å². The van der Waals surface area contributed by atoms with Gasteiger partial charge >= 0.3 is 0 Å². The largest absolute Gasteiger partial charge is 0.496 e.